The Labute approximate surface area is 125 Å². The van der Waals surface area contributed by atoms with E-state index in [1.54, 1.807) is 12.1 Å². The van der Waals surface area contributed by atoms with Crippen LogP contribution in [0, 0.1) is 5.82 Å². The normalized spacial score (nSPS) is 12.2. The van der Waals surface area contributed by atoms with E-state index in [9.17, 15) is 4.39 Å². The first-order chi connectivity index (χ1) is 9.04. The highest BCUT2D eigenvalue weighted by atomic mass is 79.9. The summed E-state index contributed by atoms with van der Waals surface area (Å²) in [5, 5.41) is 4.00. The Bertz CT molecular complexity index is 574. The van der Waals surface area contributed by atoms with Gasteiger partial charge in [0.1, 0.15) is 5.82 Å². The molecular weight excluding hydrogens is 329 g/mol. The summed E-state index contributed by atoms with van der Waals surface area (Å²) in [5.41, 5.74) is 1.85. The molecule has 1 atom stereocenters. The van der Waals surface area contributed by atoms with Crippen LogP contribution in [-0.2, 0) is 6.42 Å². The molecule has 19 heavy (non-hydrogen) atoms. The van der Waals surface area contributed by atoms with E-state index >= 15 is 0 Å². The lowest BCUT2D eigenvalue weighted by Crippen LogP contribution is -2.18. The first-order valence-corrected chi connectivity index (χ1v) is 7.18. The smallest absolute Gasteiger partial charge is 0.123 e. The molecule has 0 aliphatic heterocycles. The molecule has 0 aliphatic carbocycles. The lowest BCUT2D eigenvalue weighted by Gasteiger charge is -2.16. The van der Waals surface area contributed by atoms with Gasteiger partial charge in [0.2, 0.25) is 0 Å². The number of hydrogen-bond acceptors (Lipinski definition) is 1. The van der Waals surface area contributed by atoms with Gasteiger partial charge in [-0.15, -0.1) is 0 Å². The Kier molecular flexibility index (Phi) is 4.83. The van der Waals surface area contributed by atoms with Crippen LogP contribution in [0.5, 0.6) is 0 Å². The molecule has 0 bridgehead atoms. The van der Waals surface area contributed by atoms with Crippen molar-refractivity contribution in [3.05, 3.63) is 63.3 Å². The van der Waals surface area contributed by atoms with Crippen LogP contribution >= 0.6 is 27.5 Å². The van der Waals surface area contributed by atoms with E-state index in [0.29, 0.717) is 5.02 Å². The van der Waals surface area contributed by atoms with E-state index in [4.69, 9.17) is 11.6 Å². The van der Waals surface area contributed by atoms with Crippen molar-refractivity contribution in [3.8, 4) is 0 Å². The molecule has 1 unspecified atom stereocenters. The van der Waals surface area contributed by atoms with E-state index in [0.717, 1.165) is 22.1 Å². The van der Waals surface area contributed by atoms with Crippen LogP contribution in [0.2, 0.25) is 5.02 Å². The molecular formula is C15H14BrClFN. The van der Waals surface area contributed by atoms with Crippen molar-refractivity contribution in [1.29, 1.82) is 0 Å². The summed E-state index contributed by atoms with van der Waals surface area (Å²) in [7, 11) is 0. The van der Waals surface area contributed by atoms with Gasteiger partial charge in [-0.1, -0.05) is 39.7 Å². The van der Waals surface area contributed by atoms with E-state index in [1.807, 2.05) is 31.2 Å². The highest BCUT2D eigenvalue weighted by Crippen LogP contribution is 2.26. The molecule has 0 radical (unpaired) electrons. The van der Waals surface area contributed by atoms with E-state index < -0.39 is 0 Å². The largest absolute Gasteiger partial charge is 0.381 e. The highest BCUT2D eigenvalue weighted by Gasteiger charge is 2.07. The summed E-state index contributed by atoms with van der Waals surface area (Å²) in [6.07, 6.45) is 0.740. The maximum absolute atomic E-state index is 13.1. The van der Waals surface area contributed by atoms with Crippen LogP contribution in [0.3, 0.4) is 0 Å². The van der Waals surface area contributed by atoms with Crippen molar-refractivity contribution < 1.29 is 4.39 Å². The van der Waals surface area contributed by atoms with Gasteiger partial charge in [-0.2, -0.15) is 0 Å². The van der Waals surface area contributed by atoms with Crippen LogP contribution in [0.15, 0.2) is 46.9 Å². The summed E-state index contributed by atoms with van der Waals surface area (Å²) in [6, 6.07) is 12.5. The molecule has 2 rings (SSSR count). The lowest BCUT2D eigenvalue weighted by molar-refractivity contribution is 0.624. The summed E-state index contributed by atoms with van der Waals surface area (Å²) < 4.78 is 14.1. The minimum atomic E-state index is -0.202. The molecule has 0 amide bonds. The number of anilines is 1. The Morgan fingerprint density at radius 1 is 1.26 bits per heavy atom. The van der Waals surface area contributed by atoms with Gasteiger partial charge in [-0.3, -0.25) is 0 Å². The molecule has 0 aromatic heterocycles. The van der Waals surface area contributed by atoms with Gasteiger partial charge in [0, 0.05) is 10.5 Å². The van der Waals surface area contributed by atoms with Crippen molar-refractivity contribution in [3.63, 3.8) is 0 Å². The minimum Gasteiger partial charge on any atom is -0.381 e. The van der Waals surface area contributed by atoms with Crippen LogP contribution < -0.4 is 5.32 Å². The standard InChI is InChI=1S/C15H14BrClFN/c1-10(7-11-3-2-4-13(18)8-11)19-15-6-5-12(16)9-14(15)17/h2-6,8-10,19H,7H2,1H3. The molecule has 1 nitrogen and oxygen atoms in total. The minimum absolute atomic E-state index is 0.167. The van der Waals surface area contributed by atoms with Crippen LogP contribution in [0.25, 0.3) is 0 Å². The van der Waals surface area contributed by atoms with Crippen molar-refractivity contribution in [2.75, 3.05) is 5.32 Å². The van der Waals surface area contributed by atoms with Crippen molar-refractivity contribution in [2.45, 2.75) is 19.4 Å². The second-order valence-corrected chi connectivity index (χ2v) is 5.83. The average molecular weight is 343 g/mol. The van der Waals surface area contributed by atoms with Gasteiger partial charge < -0.3 is 5.32 Å². The summed E-state index contributed by atoms with van der Waals surface area (Å²) in [4.78, 5) is 0. The quantitative estimate of drug-likeness (QED) is 0.796. The molecule has 2 aromatic rings. The molecule has 0 aliphatic rings. The van der Waals surface area contributed by atoms with Gasteiger partial charge in [-0.25, -0.2) is 4.39 Å². The van der Waals surface area contributed by atoms with Crippen molar-refractivity contribution in [1.82, 2.24) is 0 Å². The first kappa shape index (κ1) is 14.4. The second-order valence-electron chi connectivity index (χ2n) is 4.50. The Morgan fingerprint density at radius 3 is 2.74 bits per heavy atom. The van der Waals surface area contributed by atoms with Crippen LogP contribution in [0.1, 0.15) is 12.5 Å². The molecule has 0 saturated carbocycles. The predicted octanol–water partition coefficient (Wildman–Crippen LogP) is 5.28. The van der Waals surface area contributed by atoms with E-state index in [-0.39, 0.29) is 11.9 Å². The third-order valence-electron chi connectivity index (χ3n) is 2.76. The fourth-order valence-electron chi connectivity index (χ4n) is 1.94. The van der Waals surface area contributed by atoms with Gasteiger partial charge >= 0.3 is 0 Å². The summed E-state index contributed by atoms with van der Waals surface area (Å²) in [6.45, 7) is 2.04. The molecule has 0 saturated heterocycles. The first-order valence-electron chi connectivity index (χ1n) is 6.00. The molecule has 1 N–H and O–H groups in total. The predicted molar refractivity (Wildman–Crippen MR) is 82.3 cm³/mol. The third kappa shape index (κ3) is 4.22. The number of halogens is 3. The number of hydrogen-bond donors (Lipinski definition) is 1. The lowest BCUT2D eigenvalue weighted by atomic mass is 10.1. The Morgan fingerprint density at radius 2 is 2.05 bits per heavy atom. The third-order valence-corrected chi connectivity index (χ3v) is 3.57. The van der Waals surface area contributed by atoms with E-state index in [2.05, 4.69) is 21.2 Å². The molecule has 100 valence electrons. The fraction of sp³-hybridized carbons (Fsp3) is 0.200. The molecule has 2 aromatic carbocycles. The monoisotopic (exact) mass is 341 g/mol. The second kappa shape index (κ2) is 6.40. The van der Waals surface area contributed by atoms with Gasteiger partial charge in [-0.05, 0) is 49.2 Å². The summed E-state index contributed by atoms with van der Waals surface area (Å²) >= 11 is 9.52. The summed E-state index contributed by atoms with van der Waals surface area (Å²) in [5.74, 6) is -0.202. The van der Waals surface area contributed by atoms with E-state index in [1.165, 1.54) is 6.07 Å². The topological polar surface area (TPSA) is 12.0 Å². The van der Waals surface area contributed by atoms with Gasteiger partial charge in [0.05, 0.1) is 10.7 Å². The van der Waals surface area contributed by atoms with Crippen molar-refractivity contribution >= 4 is 33.2 Å². The molecule has 4 heteroatoms. The van der Waals surface area contributed by atoms with Gasteiger partial charge in [0.15, 0.2) is 0 Å². The molecule has 0 fully saturated rings. The van der Waals surface area contributed by atoms with Crippen LogP contribution in [0.4, 0.5) is 10.1 Å². The molecule has 0 spiro atoms. The number of nitrogens with one attached hydrogen (secondary N) is 1. The highest BCUT2D eigenvalue weighted by molar-refractivity contribution is 9.10. The SMILES string of the molecule is CC(Cc1cccc(F)c1)Nc1ccc(Br)cc1Cl. The Balaban J connectivity index is 2.03. The molecule has 0 heterocycles. The maximum atomic E-state index is 13.1. The zero-order valence-corrected chi connectivity index (χ0v) is 12.8. The van der Waals surface area contributed by atoms with Crippen molar-refractivity contribution in [2.24, 2.45) is 0 Å². The van der Waals surface area contributed by atoms with Gasteiger partial charge in [0.25, 0.3) is 0 Å². The Hall–Kier alpha value is -1.06. The number of rotatable bonds is 4. The zero-order valence-electron chi connectivity index (χ0n) is 10.5. The van der Waals surface area contributed by atoms with Crippen LogP contribution in [-0.4, -0.2) is 6.04 Å². The number of benzene rings is 2. The average Bonchev–Trinajstić information content (AvgIpc) is 2.33. The maximum Gasteiger partial charge on any atom is 0.123 e. The fourth-order valence-corrected chi connectivity index (χ4v) is 2.67. The zero-order chi connectivity index (χ0) is 13.8.